The first-order valence-corrected chi connectivity index (χ1v) is 7.99. The van der Waals surface area contributed by atoms with Crippen LogP contribution in [0.1, 0.15) is 37.2 Å². The highest BCUT2D eigenvalue weighted by Crippen LogP contribution is 2.33. The summed E-state index contributed by atoms with van der Waals surface area (Å²) in [6.07, 6.45) is 0.808. The number of anilines is 1. The zero-order valence-electron chi connectivity index (χ0n) is 13.2. The highest BCUT2D eigenvalue weighted by molar-refractivity contribution is 6.01. The summed E-state index contributed by atoms with van der Waals surface area (Å²) in [5, 5.41) is 14.9. The predicted molar refractivity (Wildman–Crippen MR) is 85.6 cm³/mol. The number of fused-ring (bicyclic) bond motifs is 1. The normalized spacial score (nSPS) is 22.2. The van der Waals surface area contributed by atoms with Gasteiger partial charge < -0.3 is 20.5 Å². The van der Waals surface area contributed by atoms with Crippen LogP contribution in [0.2, 0.25) is 0 Å². The lowest BCUT2D eigenvalue weighted by Gasteiger charge is -2.38. The van der Waals surface area contributed by atoms with Crippen molar-refractivity contribution in [3.05, 3.63) is 29.8 Å². The van der Waals surface area contributed by atoms with Gasteiger partial charge >= 0.3 is 5.97 Å². The van der Waals surface area contributed by atoms with Crippen molar-refractivity contribution in [3.8, 4) is 0 Å². The number of carbonyl (C=O) groups is 3. The van der Waals surface area contributed by atoms with Crippen molar-refractivity contribution in [3.63, 3.8) is 0 Å². The molecule has 2 heterocycles. The smallest absolute Gasteiger partial charge is 0.305 e. The predicted octanol–water partition coefficient (Wildman–Crippen LogP) is 1.25. The molecule has 1 aromatic carbocycles. The molecular formula is C17H20N2O5. The Balaban J connectivity index is 1.83. The van der Waals surface area contributed by atoms with Gasteiger partial charge in [-0.2, -0.15) is 0 Å². The monoisotopic (exact) mass is 332 g/mol. The molecule has 7 heteroatoms. The van der Waals surface area contributed by atoms with E-state index in [1.165, 1.54) is 0 Å². The molecule has 0 bridgehead atoms. The Bertz CT molecular complexity index is 667. The Hall–Kier alpha value is -2.41. The quantitative estimate of drug-likeness (QED) is 0.770. The first-order valence-electron chi connectivity index (χ1n) is 7.99. The van der Waals surface area contributed by atoms with E-state index in [2.05, 4.69) is 10.6 Å². The molecule has 24 heavy (non-hydrogen) atoms. The number of carboxylic acid groups (broad SMARTS) is 1. The third kappa shape index (κ3) is 3.41. The average molecular weight is 332 g/mol. The maximum Gasteiger partial charge on any atom is 0.305 e. The highest BCUT2D eigenvalue weighted by atomic mass is 16.5. The fourth-order valence-electron chi connectivity index (χ4n) is 3.39. The maximum absolute atomic E-state index is 12.8. The topological polar surface area (TPSA) is 105 Å². The molecule has 128 valence electrons. The molecule has 1 saturated heterocycles. The molecular weight excluding hydrogens is 312 g/mol. The van der Waals surface area contributed by atoms with E-state index >= 15 is 0 Å². The number of hydrogen-bond acceptors (Lipinski definition) is 4. The zero-order chi connectivity index (χ0) is 17.2. The van der Waals surface area contributed by atoms with Crippen LogP contribution in [0.25, 0.3) is 0 Å². The zero-order valence-corrected chi connectivity index (χ0v) is 13.2. The van der Waals surface area contributed by atoms with Crippen LogP contribution in [0.4, 0.5) is 5.69 Å². The Morgan fingerprint density at radius 1 is 1.29 bits per heavy atom. The third-order valence-corrected chi connectivity index (χ3v) is 4.64. The number of amides is 2. The minimum atomic E-state index is -0.959. The summed E-state index contributed by atoms with van der Waals surface area (Å²) < 4.78 is 5.30. The molecule has 7 nitrogen and oxygen atoms in total. The molecule has 2 aliphatic heterocycles. The summed E-state index contributed by atoms with van der Waals surface area (Å²) in [7, 11) is 0. The van der Waals surface area contributed by atoms with E-state index in [4.69, 9.17) is 4.74 Å². The van der Waals surface area contributed by atoms with E-state index in [9.17, 15) is 19.5 Å². The van der Waals surface area contributed by atoms with Crippen molar-refractivity contribution in [2.45, 2.75) is 37.1 Å². The van der Waals surface area contributed by atoms with Crippen molar-refractivity contribution < 1.29 is 24.2 Å². The van der Waals surface area contributed by atoms with Gasteiger partial charge in [-0.25, -0.2) is 0 Å². The number of rotatable bonds is 4. The summed E-state index contributed by atoms with van der Waals surface area (Å²) in [5.74, 6) is -2.09. The van der Waals surface area contributed by atoms with Gasteiger partial charge in [-0.3, -0.25) is 14.4 Å². The van der Waals surface area contributed by atoms with Crippen LogP contribution >= 0.6 is 0 Å². The second-order valence-electron chi connectivity index (χ2n) is 6.34. The first kappa shape index (κ1) is 16.4. The molecule has 0 radical (unpaired) electrons. The van der Waals surface area contributed by atoms with Crippen LogP contribution in [0, 0.1) is 0 Å². The van der Waals surface area contributed by atoms with E-state index in [0.717, 1.165) is 5.56 Å². The molecule has 3 N–H and O–H groups in total. The maximum atomic E-state index is 12.8. The molecule has 1 fully saturated rings. The highest BCUT2D eigenvalue weighted by Gasteiger charge is 2.39. The van der Waals surface area contributed by atoms with Gasteiger partial charge in [0.1, 0.15) is 0 Å². The van der Waals surface area contributed by atoms with E-state index in [-0.39, 0.29) is 24.7 Å². The molecule has 0 aromatic heterocycles. The van der Waals surface area contributed by atoms with E-state index in [1.54, 1.807) is 12.1 Å². The van der Waals surface area contributed by atoms with Gasteiger partial charge in [0.05, 0.1) is 17.9 Å². The van der Waals surface area contributed by atoms with Gasteiger partial charge in [-0.05, 0) is 24.5 Å². The lowest BCUT2D eigenvalue weighted by atomic mass is 9.84. The largest absolute Gasteiger partial charge is 0.481 e. The molecule has 0 saturated carbocycles. The van der Waals surface area contributed by atoms with E-state index < -0.39 is 17.4 Å². The molecule has 3 rings (SSSR count). The van der Waals surface area contributed by atoms with E-state index in [1.807, 2.05) is 12.1 Å². The molecule has 1 atom stereocenters. The van der Waals surface area contributed by atoms with Crippen molar-refractivity contribution >= 4 is 23.5 Å². The van der Waals surface area contributed by atoms with Crippen molar-refractivity contribution in [2.75, 3.05) is 18.5 Å². The molecule has 2 aliphatic rings. The van der Waals surface area contributed by atoms with Crippen molar-refractivity contribution in [1.29, 1.82) is 0 Å². The molecule has 1 aromatic rings. The number of aliphatic carboxylic acids is 1. The SMILES string of the molecule is O=C(O)CC1(NC(=O)C2CC(=O)Nc3ccccc32)CCOCC1. The van der Waals surface area contributed by atoms with Gasteiger partial charge in [0.2, 0.25) is 11.8 Å². The van der Waals surface area contributed by atoms with Gasteiger partial charge in [0.25, 0.3) is 0 Å². The fraction of sp³-hybridized carbons (Fsp3) is 0.471. The lowest BCUT2D eigenvalue weighted by Crippen LogP contribution is -2.54. The Morgan fingerprint density at radius 2 is 2.00 bits per heavy atom. The number of para-hydroxylation sites is 1. The molecule has 0 spiro atoms. The number of carbonyl (C=O) groups excluding carboxylic acids is 2. The Morgan fingerprint density at radius 3 is 2.71 bits per heavy atom. The number of carboxylic acids is 1. The lowest BCUT2D eigenvalue weighted by molar-refractivity contribution is -0.141. The van der Waals surface area contributed by atoms with Gasteiger partial charge in [0, 0.05) is 25.3 Å². The molecule has 2 amide bonds. The van der Waals surface area contributed by atoms with E-state index in [0.29, 0.717) is 31.7 Å². The summed E-state index contributed by atoms with van der Waals surface area (Å²) >= 11 is 0. The average Bonchev–Trinajstić information content (AvgIpc) is 2.53. The third-order valence-electron chi connectivity index (χ3n) is 4.64. The summed E-state index contributed by atoms with van der Waals surface area (Å²) in [5.41, 5.74) is 0.574. The number of nitrogens with one attached hydrogen (secondary N) is 2. The number of hydrogen-bond donors (Lipinski definition) is 3. The number of ether oxygens (including phenoxy) is 1. The van der Waals surface area contributed by atoms with Gasteiger partial charge in [-0.1, -0.05) is 18.2 Å². The van der Waals surface area contributed by atoms with Crippen molar-refractivity contribution in [1.82, 2.24) is 5.32 Å². The minimum Gasteiger partial charge on any atom is -0.481 e. The van der Waals surface area contributed by atoms with Gasteiger partial charge in [-0.15, -0.1) is 0 Å². The van der Waals surface area contributed by atoms with Crippen LogP contribution in [0.5, 0.6) is 0 Å². The number of benzene rings is 1. The molecule has 0 aliphatic carbocycles. The second kappa shape index (κ2) is 6.60. The Kier molecular flexibility index (Phi) is 4.53. The van der Waals surface area contributed by atoms with Crippen LogP contribution < -0.4 is 10.6 Å². The van der Waals surface area contributed by atoms with Crippen molar-refractivity contribution in [2.24, 2.45) is 0 Å². The van der Waals surface area contributed by atoms with Gasteiger partial charge in [0.15, 0.2) is 0 Å². The molecule has 1 unspecified atom stereocenters. The fourth-order valence-corrected chi connectivity index (χ4v) is 3.39. The second-order valence-corrected chi connectivity index (χ2v) is 6.34. The van der Waals surface area contributed by atoms with Crippen LogP contribution in [0.3, 0.4) is 0 Å². The summed E-state index contributed by atoms with van der Waals surface area (Å²) in [6, 6.07) is 7.18. The summed E-state index contributed by atoms with van der Waals surface area (Å²) in [6.45, 7) is 0.824. The standard InChI is InChI=1S/C17H20N2O5/c20-14-9-12(11-3-1-2-4-13(11)18-14)16(23)19-17(10-15(21)22)5-7-24-8-6-17/h1-4,12H,5-10H2,(H,18,20)(H,19,23)(H,21,22). The summed E-state index contributed by atoms with van der Waals surface area (Å²) in [4.78, 5) is 35.9. The van der Waals surface area contributed by atoms with Crippen LogP contribution in [0.15, 0.2) is 24.3 Å². The van der Waals surface area contributed by atoms with Crippen LogP contribution in [-0.2, 0) is 19.1 Å². The Labute approximate surface area is 139 Å². The van der Waals surface area contributed by atoms with Crippen LogP contribution in [-0.4, -0.2) is 41.6 Å². The minimum absolute atomic E-state index is 0.0580. The first-order chi connectivity index (χ1) is 11.5.